The molecular formula is C14H17N3O3S. The molecule has 0 bridgehead atoms. The molecule has 2 aromatic rings. The van der Waals surface area contributed by atoms with Crippen LogP contribution in [0.25, 0.3) is 5.13 Å². The second kappa shape index (κ2) is 6.09. The smallest absolute Gasteiger partial charge is 0.312 e. The fourth-order valence-corrected chi connectivity index (χ4v) is 2.84. The summed E-state index contributed by atoms with van der Waals surface area (Å²) in [5, 5.41) is 2.62. The Hall–Kier alpha value is -2.15. The Morgan fingerprint density at radius 3 is 2.57 bits per heavy atom. The average Bonchev–Trinajstić information content (AvgIpc) is 2.96. The molecule has 0 saturated carbocycles. The lowest BCUT2D eigenvalue weighted by Gasteiger charge is -2.08. The standard InChI is InChI=1S/C14H17N3O3S/c1-8-4-5-9(2)17(8)14-16-11(7-21-14)6-12(18)20-10(3)13(15)19/h4-5,7,10H,6H2,1-3H3,(H2,15,19)/t10-/m1/s1. The van der Waals surface area contributed by atoms with Gasteiger partial charge in [0.2, 0.25) is 0 Å². The second-order valence-electron chi connectivity index (χ2n) is 4.78. The molecule has 0 aliphatic heterocycles. The summed E-state index contributed by atoms with van der Waals surface area (Å²) in [6.07, 6.45) is -0.905. The monoisotopic (exact) mass is 307 g/mol. The number of rotatable bonds is 5. The highest BCUT2D eigenvalue weighted by atomic mass is 32.1. The lowest BCUT2D eigenvalue weighted by Crippen LogP contribution is -2.31. The van der Waals surface area contributed by atoms with Crippen LogP contribution in [0.2, 0.25) is 0 Å². The number of nitrogens with two attached hydrogens (primary N) is 1. The molecular weight excluding hydrogens is 290 g/mol. The Bertz CT molecular complexity index is 655. The lowest BCUT2D eigenvalue weighted by atomic mass is 10.3. The molecule has 0 aliphatic carbocycles. The van der Waals surface area contributed by atoms with Gasteiger partial charge in [0, 0.05) is 16.8 Å². The van der Waals surface area contributed by atoms with Crippen molar-refractivity contribution in [3.63, 3.8) is 0 Å². The molecule has 2 rings (SSSR count). The quantitative estimate of drug-likeness (QED) is 0.848. The van der Waals surface area contributed by atoms with E-state index in [9.17, 15) is 9.59 Å². The van der Waals surface area contributed by atoms with Gasteiger partial charge in [-0.1, -0.05) is 0 Å². The number of aryl methyl sites for hydroxylation is 2. The third-order valence-corrected chi connectivity index (χ3v) is 3.91. The zero-order valence-corrected chi connectivity index (χ0v) is 12.9. The third kappa shape index (κ3) is 3.49. The van der Waals surface area contributed by atoms with Crippen LogP contribution >= 0.6 is 11.3 Å². The van der Waals surface area contributed by atoms with Gasteiger partial charge in [-0.05, 0) is 32.9 Å². The number of nitrogens with zero attached hydrogens (tertiary/aromatic N) is 2. The number of hydrogen-bond acceptors (Lipinski definition) is 5. The molecule has 0 saturated heterocycles. The summed E-state index contributed by atoms with van der Waals surface area (Å²) in [6, 6.07) is 4.03. The first kappa shape index (κ1) is 15.2. The Morgan fingerprint density at radius 2 is 2.00 bits per heavy atom. The molecule has 0 aliphatic rings. The fourth-order valence-electron chi connectivity index (χ4n) is 1.90. The van der Waals surface area contributed by atoms with Gasteiger partial charge < -0.3 is 10.5 Å². The highest BCUT2D eigenvalue weighted by Crippen LogP contribution is 2.20. The van der Waals surface area contributed by atoms with Crippen molar-refractivity contribution in [1.29, 1.82) is 0 Å². The normalized spacial score (nSPS) is 12.1. The van der Waals surface area contributed by atoms with E-state index in [1.54, 1.807) is 0 Å². The van der Waals surface area contributed by atoms with Crippen molar-refractivity contribution in [3.05, 3.63) is 34.6 Å². The zero-order valence-electron chi connectivity index (χ0n) is 12.1. The third-order valence-electron chi connectivity index (χ3n) is 3.04. The van der Waals surface area contributed by atoms with Gasteiger partial charge in [-0.15, -0.1) is 11.3 Å². The molecule has 21 heavy (non-hydrogen) atoms. The maximum atomic E-state index is 11.7. The van der Waals surface area contributed by atoms with Gasteiger partial charge in [0.05, 0.1) is 12.1 Å². The van der Waals surface area contributed by atoms with E-state index in [4.69, 9.17) is 10.5 Å². The summed E-state index contributed by atoms with van der Waals surface area (Å²) in [5.74, 6) is -1.18. The molecule has 7 heteroatoms. The molecule has 1 atom stereocenters. The number of ether oxygens (including phenoxy) is 1. The van der Waals surface area contributed by atoms with Gasteiger partial charge in [0.1, 0.15) is 0 Å². The van der Waals surface area contributed by atoms with Crippen LogP contribution in [-0.4, -0.2) is 27.5 Å². The van der Waals surface area contributed by atoms with Gasteiger partial charge in [-0.3, -0.25) is 14.2 Å². The number of amides is 1. The predicted octanol–water partition coefficient (Wildman–Crippen LogP) is 1.51. The van der Waals surface area contributed by atoms with Gasteiger partial charge in [0.25, 0.3) is 5.91 Å². The minimum Gasteiger partial charge on any atom is -0.452 e. The van der Waals surface area contributed by atoms with E-state index < -0.39 is 18.0 Å². The summed E-state index contributed by atoms with van der Waals surface area (Å²) < 4.78 is 6.93. The van der Waals surface area contributed by atoms with Gasteiger partial charge in [0.15, 0.2) is 11.2 Å². The van der Waals surface area contributed by atoms with Crippen molar-refractivity contribution in [2.24, 2.45) is 5.73 Å². The Balaban J connectivity index is 2.07. The molecule has 112 valence electrons. The van der Waals surface area contributed by atoms with E-state index in [2.05, 4.69) is 4.98 Å². The molecule has 2 heterocycles. The second-order valence-corrected chi connectivity index (χ2v) is 5.62. The maximum Gasteiger partial charge on any atom is 0.312 e. The van der Waals surface area contributed by atoms with Crippen LogP contribution in [-0.2, 0) is 20.7 Å². The van der Waals surface area contributed by atoms with Crippen molar-refractivity contribution in [1.82, 2.24) is 9.55 Å². The zero-order chi connectivity index (χ0) is 15.6. The van der Waals surface area contributed by atoms with Crippen molar-refractivity contribution in [3.8, 4) is 5.13 Å². The van der Waals surface area contributed by atoms with E-state index >= 15 is 0 Å². The van der Waals surface area contributed by atoms with Gasteiger partial charge >= 0.3 is 5.97 Å². The topological polar surface area (TPSA) is 87.2 Å². The Morgan fingerprint density at radius 1 is 1.38 bits per heavy atom. The highest BCUT2D eigenvalue weighted by molar-refractivity contribution is 7.12. The van der Waals surface area contributed by atoms with Crippen LogP contribution in [0.4, 0.5) is 0 Å². The molecule has 6 nitrogen and oxygen atoms in total. The molecule has 2 aromatic heterocycles. The van der Waals surface area contributed by atoms with Gasteiger partial charge in [-0.25, -0.2) is 4.98 Å². The van der Waals surface area contributed by atoms with E-state index in [-0.39, 0.29) is 6.42 Å². The molecule has 1 amide bonds. The Kier molecular flexibility index (Phi) is 4.42. The van der Waals surface area contributed by atoms with Crippen molar-refractivity contribution < 1.29 is 14.3 Å². The lowest BCUT2D eigenvalue weighted by molar-refractivity contribution is -0.153. The fraction of sp³-hybridized carbons (Fsp3) is 0.357. The first-order chi connectivity index (χ1) is 9.88. The first-order valence-electron chi connectivity index (χ1n) is 6.47. The van der Waals surface area contributed by atoms with E-state index in [0.717, 1.165) is 16.5 Å². The molecule has 0 fully saturated rings. The number of carbonyl (C=O) groups excluding carboxylic acids is 2. The summed E-state index contributed by atoms with van der Waals surface area (Å²) in [7, 11) is 0. The van der Waals surface area contributed by atoms with Crippen LogP contribution in [0.15, 0.2) is 17.5 Å². The number of carbonyl (C=O) groups is 2. The highest BCUT2D eigenvalue weighted by Gasteiger charge is 2.16. The molecule has 0 spiro atoms. The molecule has 0 radical (unpaired) electrons. The van der Waals surface area contributed by atoms with Crippen LogP contribution < -0.4 is 5.73 Å². The molecule has 0 unspecified atom stereocenters. The van der Waals surface area contributed by atoms with E-state index in [1.165, 1.54) is 18.3 Å². The molecule has 0 aromatic carbocycles. The van der Waals surface area contributed by atoms with Crippen LogP contribution in [0.5, 0.6) is 0 Å². The number of primary amides is 1. The van der Waals surface area contributed by atoms with Crippen LogP contribution in [0, 0.1) is 13.8 Å². The molecule has 2 N–H and O–H groups in total. The SMILES string of the molecule is Cc1ccc(C)n1-c1nc(CC(=O)O[C@H](C)C(N)=O)cs1. The number of esters is 1. The summed E-state index contributed by atoms with van der Waals surface area (Å²) in [4.78, 5) is 27.0. The maximum absolute atomic E-state index is 11.7. The van der Waals surface area contributed by atoms with Gasteiger partial charge in [-0.2, -0.15) is 0 Å². The van der Waals surface area contributed by atoms with E-state index in [1.807, 2.05) is 35.9 Å². The summed E-state index contributed by atoms with van der Waals surface area (Å²) in [6.45, 7) is 5.44. The van der Waals surface area contributed by atoms with Crippen molar-refractivity contribution >= 4 is 23.2 Å². The minimum atomic E-state index is -0.926. The minimum absolute atomic E-state index is 0.0213. The van der Waals surface area contributed by atoms with Crippen LogP contribution in [0.3, 0.4) is 0 Å². The summed E-state index contributed by atoms with van der Waals surface area (Å²) in [5.41, 5.74) is 7.82. The predicted molar refractivity (Wildman–Crippen MR) is 79.4 cm³/mol. The largest absolute Gasteiger partial charge is 0.452 e. The number of hydrogen-bond donors (Lipinski definition) is 1. The van der Waals surface area contributed by atoms with Crippen LogP contribution in [0.1, 0.15) is 24.0 Å². The average molecular weight is 307 g/mol. The van der Waals surface area contributed by atoms with Crippen molar-refractivity contribution in [2.45, 2.75) is 33.3 Å². The summed E-state index contributed by atoms with van der Waals surface area (Å²) >= 11 is 1.46. The first-order valence-corrected chi connectivity index (χ1v) is 7.35. The van der Waals surface area contributed by atoms with E-state index in [0.29, 0.717) is 5.69 Å². The number of thiazole rings is 1. The number of aromatic nitrogens is 2. The van der Waals surface area contributed by atoms with Crippen molar-refractivity contribution in [2.75, 3.05) is 0 Å². The Labute approximate surface area is 126 Å².